The van der Waals surface area contributed by atoms with Crippen LogP contribution in [0.4, 0.5) is 5.69 Å². The number of aliphatic hydroxyl groups excluding tert-OH is 1. The Balaban J connectivity index is 0.000000333. The smallest absolute Gasteiger partial charge is 0.167 e. The lowest BCUT2D eigenvalue weighted by Crippen LogP contribution is -2.04. The van der Waals surface area contributed by atoms with Crippen LogP contribution in [0.25, 0.3) is 0 Å². The van der Waals surface area contributed by atoms with Crippen molar-refractivity contribution in [1.82, 2.24) is 9.97 Å². The Hall–Kier alpha value is -2.40. The van der Waals surface area contributed by atoms with Gasteiger partial charge in [-0.25, -0.2) is 9.97 Å². The molecule has 0 spiro atoms. The summed E-state index contributed by atoms with van der Waals surface area (Å²) in [5.74, 6) is -0.0597. The normalized spacial score (nSPS) is 9.45. The summed E-state index contributed by atoms with van der Waals surface area (Å²) >= 11 is 22.6. The highest BCUT2D eigenvalue weighted by molar-refractivity contribution is 6.34. The molecule has 2 heterocycles. The molecular weight excluding hydrogens is 482 g/mol. The molecule has 31 heavy (non-hydrogen) atoms. The number of carbonyl (C=O) groups is 1. The van der Waals surface area contributed by atoms with Crippen molar-refractivity contribution >= 4 is 57.9 Å². The fourth-order valence-corrected chi connectivity index (χ4v) is 2.82. The first-order valence-corrected chi connectivity index (χ1v) is 10.1. The minimum absolute atomic E-state index is 0.0403. The van der Waals surface area contributed by atoms with E-state index in [0.29, 0.717) is 27.1 Å². The Morgan fingerprint density at radius 2 is 1.48 bits per heavy atom. The third-order valence-corrected chi connectivity index (χ3v) is 4.60. The predicted octanol–water partition coefficient (Wildman–Crippen LogP) is 5.81. The Kier molecular flexibility index (Phi) is 11.9. The van der Waals surface area contributed by atoms with Gasteiger partial charge in [-0.2, -0.15) is 5.26 Å². The number of pyridine rings is 2. The molecule has 0 fully saturated rings. The molecular formula is C21H18Cl4N4O2. The molecule has 0 aliphatic rings. The molecule has 1 aromatic carbocycles. The number of aromatic nitrogens is 2. The standard InChI is InChI=1S/C14H11Cl2NO2.C5H4Cl2N2.C2H3N/c15-13-6-5-11(14(16)17-13)7-12(19)10-3-1-9(8-18)2-4-10;6-4-2-1-3(8)5(7)9-4;1-2-3/h1-6,18H,7-8H2;1-2H,8H2;1H3. The molecule has 0 bridgehead atoms. The lowest BCUT2D eigenvalue weighted by atomic mass is 10.0. The summed E-state index contributed by atoms with van der Waals surface area (Å²) in [4.78, 5) is 19.6. The van der Waals surface area contributed by atoms with E-state index < -0.39 is 0 Å². The van der Waals surface area contributed by atoms with Crippen LogP contribution in [0.5, 0.6) is 0 Å². The first-order chi connectivity index (χ1) is 14.7. The highest BCUT2D eigenvalue weighted by atomic mass is 35.5. The number of Topliss-reactive ketones (excluding diaryl/α,β-unsaturated/α-hetero) is 1. The lowest BCUT2D eigenvalue weighted by molar-refractivity contribution is 0.0993. The quantitative estimate of drug-likeness (QED) is 0.346. The Bertz CT molecular complexity index is 1050. The average molecular weight is 500 g/mol. The first-order valence-electron chi connectivity index (χ1n) is 8.64. The zero-order chi connectivity index (χ0) is 23.4. The number of halogens is 4. The number of hydrogen-bond acceptors (Lipinski definition) is 6. The number of carbonyl (C=O) groups excluding carboxylic acids is 1. The lowest BCUT2D eigenvalue weighted by Gasteiger charge is -2.04. The molecule has 162 valence electrons. The van der Waals surface area contributed by atoms with Gasteiger partial charge >= 0.3 is 0 Å². The van der Waals surface area contributed by atoms with Crippen molar-refractivity contribution in [2.75, 3.05) is 5.73 Å². The molecule has 3 N–H and O–H groups in total. The zero-order valence-electron chi connectivity index (χ0n) is 16.3. The van der Waals surface area contributed by atoms with Crippen molar-refractivity contribution < 1.29 is 9.90 Å². The molecule has 6 nitrogen and oxygen atoms in total. The summed E-state index contributed by atoms with van der Waals surface area (Å²) in [6, 6.07) is 15.0. The molecule has 0 radical (unpaired) electrons. The molecule has 3 aromatic rings. The van der Waals surface area contributed by atoms with Crippen molar-refractivity contribution in [2.45, 2.75) is 20.0 Å². The van der Waals surface area contributed by atoms with Gasteiger partial charge in [-0.15, -0.1) is 0 Å². The van der Waals surface area contributed by atoms with E-state index in [-0.39, 0.29) is 29.1 Å². The van der Waals surface area contributed by atoms with Crippen molar-refractivity contribution in [3.05, 3.63) is 85.8 Å². The third kappa shape index (κ3) is 9.52. The van der Waals surface area contributed by atoms with Crippen LogP contribution >= 0.6 is 46.4 Å². The van der Waals surface area contributed by atoms with Gasteiger partial charge in [-0.3, -0.25) is 4.79 Å². The second-order valence-electron chi connectivity index (χ2n) is 5.78. The van der Waals surface area contributed by atoms with E-state index in [9.17, 15) is 4.79 Å². The summed E-state index contributed by atoms with van der Waals surface area (Å²) < 4.78 is 0. The summed E-state index contributed by atoms with van der Waals surface area (Å²) in [6.07, 6.45) is 0.168. The maximum absolute atomic E-state index is 12.1. The molecule has 0 aliphatic carbocycles. The SMILES string of the molecule is CC#N.Nc1ccc(Cl)nc1Cl.O=C(Cc1ccc(Cl)nc1Cl)c1ccc(CO)cc1. The molecule has 0 atom stereocenters. The second-order valence-corrected chi connectivity index (χ2v) is 7.27. The zero-order valence-corrected chi connectivity index (χ0v) is 19.3. The van der Waals surface area contributed by atoms with E-state index >= 15 is 0 Å². The van der Waals surface area contributed by atoms with Crippen LogP contribution in [0.15, 0.2) is 48.5 Å². The number of nitrogens with zero attached hydrogens (tertiary/aromatic N) is 3. The number of benzene rings is 1. The summed E-state index contributed by atoms with van der Waals surface area (Å²) in [5, 5.41) is 17.4. The minimum Gasteiger partial charge on any atom is -0.396 e. The predicted molar refractivity (Wildman–Crippen MR) is 125 cm³/mol. The van der Waals surface area contributed by atoms with Gasteiger partial charge in [0.15, 0.2) is 10.9 Å². The first kappa shape index (κ1) is 26.6. The van der Waals surface area contributed by atoms with Gasteiger partial charge in [0, 0.05) is 18.9 Å². The minimum atomic E-state index is -0.0597. The Morgan fingerprint density at radius 3 is 1.94 bits per heavy atom. The van der Waals surface area contributed by atoms with Gasteiger partial charge < -0.3 is 10.8 Å². The number of nitrogen functional groups attached to an aromatic ring is 1. The number of nitriles is 1. The number of hydrogen-bond donors (Lipinski definition) is 2. The highest BCUT2D eigenvalue weighted by Crippen LogP contribution is 2.19. The molecule has 0 aliphatic heterocycles. The van der Waals surface area contributed by atoms with E-state index in [1.54, 1.807) is 54.6 Å². The average Bonchev–Trinajstić information content (AvgIpc) is 2.74. The summed E-state index contributed by atoms with van der Waals surface area (Å²) in [5.41, 5.74) is 7.76. The molecule has 0 saturated heterocycles. The number of rotatable bonds is 4. The Labute approximate surface area is 200 Å². The van der Waals surface area contributed by atoms with Crippen molar-refractivity contribution in [1.29, 1.82) is 5.26 Å². The number of anilines is 1. The van der Waals surface area contributed by atoms with E-state index in [1.807, 2.05) is 0 Å². The maximum Gasteiger partial charge on any atom is 0.167 e. The monoisotopic (exact) mass is 498 g/mol. The van der Waals surface area contributed by atoms with Gasteiger partial charge in [0.2, 0.25) is 0 Å². The number of nitrogens with two attached hydrogens (primary N) is 1. The molecule has 0 unspecified atom stereocenters. The van der Waals surface area contributed by atoms with Crippen LogP contribution in [0.3, 0.4) is 0 Å². The summed E-state index contributed by atoms with van der Waals surface area (Å²) in [7, 11) is 0. The fourth-order valence-electron chi connectivity index (χ4n) is 2.07. The maximum atomic E-state index is 12.1. The number of ketones is 1. The van der Waals surface area contributed by atoms with Crippen molar-refractivity contribution in [3.63, 3.8) is 0 Å². The molecule has 0 amide bonds. The molecule has 10 heteroatoms. The van der Waals surface area contributed by atoms with Gasteiger partial charge in [0.05, 0.1) is 18.4 Å². The largest absolute Gasteiger partial charge is 0.396 e. The number of aliphatic hydroxyl groups is 1. The second kappa shape index (κ2) is 13.8. The molecule has 0 saturated carbocycles. The highest BCUT2D eigenvalue weighted by Gasteiger charge is 2.11. The fraction of sp³-hybridized carbons (Fsp3) is 0.143. The van der Waals surface area contributed by atoms with Gasteiger partial charge in [-0.05, 0) is 29.3 Å². The topological polar surface area (TPSA) is 113 Å². The van der Waals surface area contributed by atoms with Crippen LogP contribution in [-0.2, 0) is 13.0 Å². The van der Waals surface area contributed by atoms with Crippen LogP contribution < -0.4 is 5.73 Å². The van der Waals surface area contributed by atoms with Crippen molar-refractivity contribution in [3.8, 4) is 6.07 Å². The summed E-state index contributed by atoms with van der Waals surface area (Å²) in [6.45, 7) is 1.39. The van der Waals surface area contributed by atoms with E-state index in [4.69, 9.17) is 62.5 Å². The molecule has 3 rings (SSSR count). The van der Waals surface area contributed by atoms with Crippen molar-refractivity contribution in [2.24, 2.45) is 0 Å². The van der Waals surface area contributed by atoms with Gasteiger partial charge in [0.1, 0.15) is 15.5 Å². The van der Waals surface area contributed by atoms with Crippen LogP contribution in [-0.4, -0.2) is 20.9 Å². The van der Waals surface area contributed by atoms with Gasteiger partial charge in [-0.1, -0.05) is 76.7 Å². The van der Waals surface area contributed by atoms with E-state index in [0.717, 1.165) is 5.56 Å². The van der Waals surface area contributed by atoms with E-state index in [2.05, 4.69) is 9.97 Å². The van der Waals surface area contributed by atoms with Crippen LogP contribution in [0.2, 0.25) is 20.6 Å². The molecule has 2 aromatic heterocycles. The van der Waals surface area contributed by atoms with Gasteiger partial charge in [0.25, 0.3) is 0 Å². The Morgan fingerprint density at radius 1 is 0.968 bits per heavy atom. The van der Waals surface area contributed by atoms with E-state index in [1.165, 1.54) is 6.92 Å². The van der Waals surface area contributed by atoms with Crippen LogP contribution in [0.1, 0.15) is 28.4 Å². The van der Waals surface area contributed by atoms with Crippen LogP contribution in [0, 0.1) is 11.3 Å². The third-order valence-electron chi connectivity index (χ3n) is 3.55.